The van der Waals surface area contributed by atoms with E-state index in [1.54, 1.807) is 12.1 Å². The summed E-state index contributed by atoms with van der Waals surface area (Å²) in [5.74, 6) is -1.35. The Kier molecular flexibility index (Phi) is 7.77. The molecule has 1 atom stereocenters. The lowest BCUT2D eigenvalue weighted by Crippen LogP contribution is -2.32. The van der Waals surface area contributed by atoms with Gasteiger partial charge in [-0.2, -0.15) is 0 Å². The van der Waals surface area contributed by atoms with Crippen LogP contribution in [0.3, 0.4) is 0 Å². The van der Waals surface area contributed by atoms with Crippen LogP contribution in [0.15, 0.2) is 49.1 Å². The molecule has 0 aliphatic carbocycles. The molecule has 0 spiro atoms. The smallest absolute Gasteiger partial charge is 0.283 e. The quantitative estimate of drug-likeness (QED) is 0.385. The average Bonchev–Trinajstić information content (AvgIpc) is 2.82. The Balaban J connectivity index is 1.61. The summed E-state index contributed by atoms with van der Waals surface area (Å²) in [6.07, 6.45) is 4.53. The maximum Gasteiger partial charge on any atom is 0.283 e. The first kappa shape index (κ1) is 24.8. The predicted octanol–water partition coefficient (Wildman–Crippen LogP) is 5.70. The van der Waals surface area contributed by atoms with Crippen LogP contribution in [0.4, 0.5) is 26.0 Å². The highest BCUT2D eigenvalue weighted by molar-refractivity contribution is 6.31. The molecule has 1 saturated heterocycles. The van der Waals surface area contributed by atoms with Gasteiger partial charge in [-0.3, -0.25) is 4.79 Å². The zero-order valence-electron chi connectivity index (χ0n) is 19.3. The van der Waals surface area contributed by atoms with Gasteiger partial charge >= 0.3 is 0 Å². The highest BCUT2D eigenvalue weighted by atomic mass is 35.5. The van der Waals surface area contributed by atoms with Crippen LogP contribution in [-0.4, -0.2) is 47.5 Å². The van der Waals surface area contributed by atoms with Crippen molar-refractivity contribution >= 4 is 45.6 Å². The van der Waals surface area contributed by atoms with Crippen molar-refractivity contribution in [2.24, 2.45) is 5.92 Å². The molecule has 1 aliphatic heterocycles. The van der Waals surface area contributed by atoms with E-state index in [-0.39, 0.29) is 10.7 Å². The molecule has 3 aromatic rings. The molecule has 7 nitrogen and oxygen atoms in total. The molecule has 0 bridgehead atoms. The van der Waals surface area contributed by atoms with E-state index < -0.39 is 17.6 Å². The van der Waals surface area contributed by atoms with Crippen LogP contribution >= 0.6 is 11.6 Å². The van der Waals surface area contributed by atoms with Crippen molar-refractivity contribution in [3.8, 4) is 5.75 Å². The van der Waals surface area contributed by atoms with Gasteiger partial charge in [-0.25, -0.2) is 18.7 Å². The molecule has 1 aromatic heterocycles. The first-order valence-corrected chi connectivity index (χ1v) is 11.7. The minimum atomic E-state index is -1.12. The number of amides is 1. The van der Waals surface area contributed by atoms with Gasteiger partial charge in [0.15, 0.2) is 5.83 Å². The van der Waals surface area contributed by atoms with Gasteiger partial charge in [0.05, 0.1) is 22.8 Å². The Morgan fingerprint density at radius 1 is 1.31 bits per heavy atom. The minimum Gasteiger partial charge on any atom is -0.491 e. The summed E-state index contributed by atoms with van der Waals surface area (Å²) in [4.78, 5) is 22.9. The second-order valence-corrected chi connectivity index (χ2v) is 9.02. The number of anilines is 3. The third-order valence-corrected chi connectivity index (χ3v) is 6.21. The lowest BCUT2D eigenvalue weighted by atomic mass is 9.96. The molecule has 184 valence electrons. The maximum absolute atomic E-state index is 13.5. The van der Waals surface area contributed by atoms with Gasteiger partial charge in [-0.05, 0) is 63.0 Å². The first-order valence-electron chi connectivity index (χ1n) is 11.3. The molecule has 0 saturated carbocycles. The SMILES string of the molecule is C=C(F)C(=O)Nc1cc2c(Nc3ccc(F)c(Cl)c3)ncnc2cc1OCC[C@H]1CCCN(C)C1. The van der Waals surface area contributed by atoms with Crippen molar-refractivity contribution in [3.63, 3.8) is 0 Å². The van der Waals surface area contributed by atoms with Gasteiger partial charge in [0, 0.05) is 23.7 Å². The number of aromatic nitrogens is 2. The van der Waals surface area contributed by atoms with Crippen LogP contribution < -0.4 is 15.4 Å². The number of hydrogen-bond acceptors (Lipinski definition) is 6. The van der Waals surface area contributed by atoms with Crippen LogP contribution in [0.5, 0.6) is 5.75 Å². The molecule has 0 unspecified atom stereocenters. The number of benzene rings is 2. The van der Waals surface area contributed by atoms with Gasteiger partial charge in [0.25, 0.3) is 5.91 Å². The van der Waals surface area contributed by atoms with Crippen molar-refractivity contribution in [2.75, 3.05) is 37.4 Å². The number of nitrogens with zero attached hydrogens (tertiary/aromatic N) is 3. The highest BCUT2D eigenvalue weighted by Gasteiger charge is 2.19. The summed E-state index contributed by atoms with van der Waals surface area (Å²) in [7, 11) is 2.11. The molecule has 2 N–H and O–H groups in total. The highest BCUT2D eigenvalue weighted by Crippen LogP contribution is 2.34. The summed E-state index contributed by atoms with van der Waals surface area (Å²) in [5.41, 5.74) is 1.31. The largest absolute Gasteiger partial charge is 0.491 e. The Hall–Kier alpha value is -3.30. The summed E-state index contributed by atoms with van der Waals surface area (Å²) >= 11 is 5.89. The van der Waals surface area contributed by atoms with Gasteiger partial charge < -0.3 is 20.3 Å². The number of fused-ring (bicyclic) bond motifs is 1. The predicted molar refractivity (Wildman–Crippen MR) is 133 cm³/mol. The fourth-order valence-electron chi connectivity index (χ4n) is 4.15. The summed E-state index contributed by atoms with van der Waals surface area (Å²) in [6, 6.07) is 7.46. The molecule has 1 aliphatic rings. The van der Waals surface area contributed by atoms with Gasteiger partial charge in [-0.15, -0.1) is 0 Å². The zero-order chi connectivity index (χ0) is 24.9. The lowest BCUT2D eigenvalue weighted by Gasteiger charge is -2.29. The first-order chi connectivity index (χ1) is 16.8. The fraction of sp³-hybridized carbons (Fsp3) is 0.320. The van der Waals surface area contributed by atoms with Crippen LogP contribution in [0.1, 0.15) is 19.3 Å². The topological polar surface area (TPSA) is 79.4 Å². The van der Waals surface area contributed by atoms with E-state index in [9.17, 15) is 13.6 Å². The number of ether oxygens (including phenoxy) is 1. The van der Waals surface area contributed by atoms with Crippen molar-refractivity contribution < 1.29 is 18.3 Å². The van der Waals surface area contributed by atoms with Crippen molar-refractivity contribution in [3.05, 3.63) is 59.9 Å². The Labute approximate surface area is 207 Å². The Morgan fingerprint density at radius 3 is 2.89 bits per heavy atom. The second-order valence-electron chi connectivity index (χ2n) is 8.61. The van der Waals surface area contributed by atoms with E-state index in [0.29, 0.717) is 40.7 Å². The van der Waals surface area contributed by atoms with E-state index in [1.807, 2.05) is 0 Å². The number of halogens is 3. The number of rotatable bonds is 8. The fourth-order valence-corrected chi connectivity index (χ4v) is 4.33. The van der Waals surface area contributed by atoms with Crippen molar-refractivity contribution in [2.45, 2.75) is 19.3 Å². The molecule has 0 radical (unpaired) electrons. The Morgan fingerprint density at radius 2 is 2.14 bits per heavy atom. The zero-order valence-corrected chi connectivity index (χ0v) is 20.0. The van der Waals surface area contributed by atoms with E-state index in [4.69, 9.17) is 16.3 Å². The van der Waals surface area contributed by atoms with Crippen molar-refractivity contribution in [1.29, 1.82) is 0 Å². The molecule has 2 aromatic carbocycles. The van der Waals surface area contributed by atoms with Crippen LogP contribution in [-0.2, 0) is 4.79 Å². The molecule has 10 heteroatoms. The third kappa shape index (κ3) is 6.23. The third-order valence-electron chi connectivity index (χ3n) is 5.92. The monoisotopic (exact) mass is 501 g/mol. The number of carbonyl (C=O) groups is 1. The number of carbonyl (C=O) groups excluding carboxylic acids is 1. The number of likely N-dealkylation sites (tertiary alicyclic amines) is 1. The minimum absolute atomic E-state index is 0.0392. The lowest BCUT2D eigenvalue weighted by molar-refractivity contribution is -0.114. The number of hydrogen-bond donors (Lipinski definition) is 2. The van der Waals surface area contributed by atoms with E-state index in [0.717, 1.165) is 32.4 Å². The van der Waals surface area contributed by atoms with Gasteiger partial charge in [0.1, 0.15) is 23.7 Å². The molecule has 35 heavy (non-hydrogen) atoms. The second kappa shape index (κ2) is 11.0. The van der Waals surface area contributed by atoms with Gasteiger partial charge in [0.2, 0.25) is 0 Å². The molecule has 1 fully saturated rings. The molecular weight excluding hydrogens is 476 g/mol. The van der Waals surface area contributed by atoms with E-state index in [1.165, 1.54) is 24.5 Å². The standard InChI is InChI=1S/C25H26ClF2N5O2/c1-15(27)25(34)32-22-11-18-21(12-23(22)35-9-7-16-4-3-8-33(2)13-16)29-14-30-24(18)31-17-5-6-20(28)19(26)10-17/h5-6,10-12,14,16H,1,3-4,7-9,13H2,2H3,(H,32,34)(H,29,30,31)/t16-/m1/s1. The normalized spacial score (nSPS) is 16.2. The van der Waals surface area contributed by atoms with Crippen LogP contribution in [0.2, 0.25) is 5.02 Å². The van der Waals surface area contributed by atoms with E-state index >= 15 is 0 Å². The average molecular weight is 502 g/mol. The molecule has 1 amide bonds. The van der Waals surface area contributed by atoms with Crippen molar-refractivity contribution in [1.82, 2.24) is 14.9 Å². The molecule has 4 rings (SSSR count). The molecular formula is C25H26ClF2N5O2. The number of nitrogens with one attached hydrogen (secondary N) is 2. The van der Waals surface area contributed by atoms with Crippen LogP contribution in [0.25, 0.3) is 10.9 Å². The number of piperidine rings is 1. The summed E-state index contributed by atoms with van der Waals surface area (Å²) < 4.78 is 33.0. The van der Waals surface area contributed by atoms with Crippen LogP contribution in [0, 0.1) is 11.7 Å². The van der Waals surface area contributed by atoms with Gasteiger partial charge in [-0.1, -0.05) is 18.2 Å². The van der Waals surface area contributed by atoms with E-state index in [2.05, 4.69) is 39.1 Å². The maximum atomic E-state index is 13.5. The summed E-state index contributed by atoms with van der Waals surface area (Å²) in [5, 5.41) is 6.08. The molecule has 2 heterocycles. The summed E-state index contributed by atoms with van der Waals surface area (Å²) in [6.45, 7) is 5.61. The Bertz CT molecular complexity index is 1260.